The highest BCUT2D eigenvalue weighted by atomic mass is 35.5. The van der Waals surface area contributed by atoms with Crippen LogP contribution in [0.4, 0.5) is 17.6 Å². The average Bonchev–Trinajstić information content (AvgIpc) is 3.04. The number of halogens is 2. The molecule has 2 aromatic heterocycles. The molecular weight excluding hydrogens is 325 g/mol. The smallest absolute Gasteiger partial charge is 0.243 e. The van der Waals surface area contributed by atoms with Gasteiger partial charge < -0.3 is 10.6 Å². The van der Waals surface area contributed by atoms with Crippen LogP contribution >= 0.6 is 23.2 Å². The van der Waals surface area contributed by atoms with Crippen molar-refractivity contribution in [1.29, 1.82) is 0 Å². The van der Waals surface area contributed by atoms with E-state index in [4.69, 9.17) is 23.2 Å². The van der Waals surface area contributed by atoms with Crippen LogP contribution in [-0.2, 0) is 13.6 Å². The van der Waals surface area contributed by atoms with E-state index in [1.807, 2.05) is 13.2 Å². The molecule has 114 valence electrons. The Morgan fingerprint density at radius 3 is 2.68 bits per heavy atom. The van der Waals surface area contributed by atoms with E-state index in [0.717, 1.165) is 11.3 Å². The molecule has 3 N–H and O–H groups in total. The number of nitrogens with zero attached hydrogens (tertiary/aromatic N) is 4. The van der Waals surface area contributed by atoms with Crippen LogP contribution in [0.5, 0.6) is 0 Å². The van der Waals surface area contributed by atoms with E-state index >= 15 is 0 Å². The molecule has 1 aromatic carbocycles. The Kier molecular flexibility index (Phi) is 4.17. The zero-order valence-corrected chi connectivity index (χ0v) is 13.2. The predicted octanol–water partition coefficient (Wildman–Crippen LogP) is 3.20. The third-order valence-corrected chi connectivity index (χ3v) is 3.26. The first-order chi connectivity index (χ1) is 10.6. The largest absolute Gasteiger partial charge is 0.349 e. The Morgan fingerprint density at radius 2 is 2.00 bits per heavy atom. The number of hydrogen-bond acceptors (Lipinski definition) is 5. The van der Waals surface area contributed by atoms with Gasteiger partial charge in [0.05, 0.1) is 6.20 Å². The molecule has 0 radical (unpaired) electrons. The van der Waals surface area contributed by atoms with E-state index in [2.05, 4.69) is 30.9 Å². The Balaban J connectivity index is 1.63. The second kappa shape index (κ2) is 6.25. The van der Waals surface area contributed by atoms with Crippen LogP contribution in [0.1, 0.15) is 5.56 Å². The lowest BCUT2D eigenvalue weighted by molar-refractivity contribution is 0.767. The van der Waals surface area contributed by atoms with Crippen LogP contribution < -0.4 is 10.6 Å². The zero-order valence-electron chi connectivity index (χ0n) is 11.6. The Labute approximate surface area is 136 Å². The summed E-state index contributed by atoms with van der Waals surface area (Å²) in [5.74, 6) is 0.978. The molecule has 3 aromatic rings. The summed E-state index contributed by atoms with van der Waals surface area (Å²) in [5.41, 5.74) is 1.77. The van der Waals surface area contributed by atoms with E-state index in [1.54, 1.807) is 29.1 Å². The van der Waals surface area contributed by atoms with E-state index in [-0.39, 0.29) is 0 Å². The van der Waals surface area contributed by atoms with Gasteiger partial charge in [0.1, 0.15) is 0 Å². The normalized spacial score (nSPS) is 10.7. The monoisotopic (exact) mass is 337 g/mol. The molecule has 0 aliphatic rings. The van der Waals surface area contributed by atoms with Crippen molar-refractivity contribution in [2.24, 2.45) is 7.05 Å². The predicted molar refractivity (Wildman–Crippen MR) is 86.7 cm³/mol. The Hall–Kier alpha value is -2.25. The molecule has 0 amide bonds. The highest BCUT2D eigenvalue weighted by Gasteiger charge is 2.05. The minimum atomic E-state index is 0.486. The summed E-state index contributed by atoms with van der Waals surface area (Å²) in [4.78, 5) is 4.28. The minimum Gasteiger partial charge on any atom is -0.349 e. The van der Waals surface area contributed by atoms with Gasteiger partial charge in [-0.25, -0.2) is 5.10 Å². The fourth-order valence-electron chi connectivity index (χ4n) is 1.90. The van der Waals surface area contributed by atoms with E-state index in [9.17, 15) is 0 Å². The average molecular weight is 338 g/mol. The molecule has 0 saturated heterocycles. The molecule has 0 bridgehead atoms. The lowest BCUT2D eigenvalue weighted by Crippen LogP contribution is -2.00. The number of benzene rings is 1. The molecule has 0 spiro atoms. The lowest BCUT2D eigenvalue weighted by Gasteiger charge is -2.03. The Morgan fingerprint density at radius 1 is 1.23 bits per heavy atom. The van der Waals surface area contributed by atoms with Crippen molar-refractivity contribution >= 4 is 40.8 Å². The second-order valence-corrected chi connectivity index (χ2v) is 5.54. The third kappa shape index (κ3) is 3.69. The zero-order chi connectivity index (χ0) is 15.5. The molecule has 0 unspecified atom stereocenters. The van der Waals surface area contributed by atoms with Gasteiger partial charge in [0.2, 0.25) is 11.9 Å². The molecule has 0 aliphatic carbocycles. The number of rotatable bonds is 5. The SMILES string of the molecule is Cn1cc(CNc2n[nH]c(Nc3cc(Cl)cc(Cl)c3)n2)cn1. The van der Waals surface area contributed by atoms with Gasteiger partial charge in [0.15, 0.2) is 0 Å². The topological polar surface area (TPSA) is 83.5 Å². The number of H-pyrrole nitrogens is 1. The van der Waals surface area contributed by atoms with Gasteiger partial charge in [-0.05, 0) is 18.2 Å². The summed E-state index contributed by atoms with van der Waals surface area (Å²) in [5, 5.41) is 18.2. The van der Waals surface area contributed by atoms with Crippen LogP contribution in [0.15, 0.2) is 30.6 Å². The number of aromatic amines is 1. The van der Waals surface area contributed by atoms with Crippen molar-refractivity contribution in [3.8, 4) is 0 Å². The quantitative estimate of drug-likeness (QED) is 0.665. The standard InChI is InChI=1S/C13H13Cl2N7/c1-22-7-8(6-17-22)5-16-12-19-13(21-20-12)18-11-3-9(14)2-10(15)4-11/h2-4,6-7H,5H2,1H3,(H3,16,18,19,20,21). The fourth-order valence-corrected chi connectivity index (χ4v) is 2.43. The molecule has 22 heavy (non-hydrogen) atoms. The van der Waals surface area contributed by atoms with Crippen molar-refractivity contribution in [2.75, 3.05) is 10.6 Å². The molecule has 0 fully saturated rings. The number of anilines is 3. The molecular formula is C13H13Cl2N7. The summed E-state index contributed by atoms with van der Waals surface area (Å²) in [7, 11) is 1.87. The van der Waals surface area contributed by atoms with Gasteiger partial charge in [-0.3, -0.25) is 4.68 Å². The van der Waals surface area contributed by atoms with Gasteiger partial charge in [-0.1, -0.05) is 23.2 Å². The molecule has 2 heterocycles. The summed E-state index contributed by atoms with van der Waals surface area (Å²) in [6, 6.07) is 5.16. The van der Waals surface area contributed by atoms with Crippen LogP contribution in [0.2, 0.25) is 10.0 Å². The van der Waals surface area contributed by atoms with Crippen LogP contribution in [0.25, 0.3) is 0 Å². The maximum Gasteiger partial charge on any atom is 0.243 e. The van der Waals surface area contributed by atoms with Gasteiger partial charge in [-0.2, -0.15) is 10.1 Å². The number of hydrogen-bond donors (Lipinski definition) is 3. The Bertz CT molecular complexity index is 760. The molecule has 0 atom stereocenters. The van der Waals surface area contributed by atoms with Crippen molar-refractivity contribution < 1.29 is 0 Å². The van der Waals surface area contributed by atoms with Gasteiger partial charge >= 0.3 is 0 Å². The van der Waals surface area contributed by atoms with Gasteiger partial charge in [0, 0.05) is 41.1 Å². The van der Waals surface area contributed by atoms with E-state index in [1.165, 1.54) is 0 Å². The summed E-state index contributed by atoms with van der Waals surface area (Å²) in [6.07, 6.45) is 3.71. The molecule has 7 nitrogen and oxygen atoms in total. The molecule has 9 heteroatoms. The van der Waals surface area contributed by atoms with Crippen molar-refractivity contribution in [2.45, 2.75) is 6.54 Å². The van der Waals surface area contributed by atoms with Crippen molar-refractivity contribution in [1.82, 2.24) is 25.0 Å². The summed E-state index contributed by atoms with van der Waals surface area (Å²) < 4.78 is 1.74. The fraction of sp³-hybridized carbons (Fsp3) is 0.154. The van der Waals surface area contributed by atoms with E-state index < -0.39 is 0 Å². The molecule has 0 aliphatic heterocycles. The van der Waals surface area contributed by atoms with Gasteiger partial charge in [-0.15, -0.1) is 5.10 Å². The second-order valence-electron chi connectivity index (χ2n) is 4.67. The first kappa shape index (κ1) is 14.7. The van der Waals surface area contributed by atoms with E-state index in [0.29, 0.717) is 28.5 Å². The van der Waals surface area contributed by atoms with Crippen LogP contribution in [0.3, 0.4) is 0 Å². The third-order valence-electron chi connectivity index (χ3n) is 2.82. The van der Waals surface area contributed by atoms with Crippen molar-refractivity contribution in [3.05, 3.63) is 46.2 Å². The first-order valence-electron chi connectivity index (χ1n) is 6.45. The maximum atomic E-state index is 5.95. The van der Waals surface area contributed by atoms with Crippen molar-refractivity contribution in [3.63, 3.8) is 0 Å². The minimum absolute atomic E-state index is 0.486. The number of aryl methyl sites for hydroxylation is 1. The number of nitrogens with one attached hydrogen (secondary N) is 3. The molecule has 3 rings (SSSR count). The van der Waals surface area contributed by atoms with Crippen LogP contribution in [0, 0.1) is 0 Å². The summed E-state index contributed by atoms with van der Waals surface area (Å²) >= 11 is 11.9. The maximum absolute atomic E-state index is 5.95. The lowest BCUT2D eigenvalue weighted by atomic mass is 10.3. The van der Waals surface area contributed by atoms with Gasteiger partial charge in [0.25, 0.3) is 0 Å². The van der Waals surface area contributed by atoms with Crippen LogP contribution in [-0.4, -0.2) is 25.0 Å². The highest BCUT2D eigenvalue weighted by molar-refractivity contribution is 6.35. The molecule has 0 saturated carbocycles. The first-order valence-corrected chi connectivity index (χ1v) is 7.21. The highest BCUT2D eigenvalue weighted by Crippen LogP contribution is 2.24. The number of aromatic nitrogens is 5. The summed E-state index contributed by atoms with van der Waals surface area (Å²) in [6.45, 7) is 0.591.